The van der Waals surface area contributed by atoms with Crippen LogP contribution in [0.1, 0.15) is 32.3 Å². The molecule has 0 saturated heterocycles. The number of amides is 2. The molecule has 0 bridgehead atoms. The van der Waals surface area contributed by atoms with Crippen molar-refractivity contribution in [3.8, 4) is 0 Å². The number of carbonyl (C=O) groups excluding carboxylic acids is 2. The molecule has 0 radical (unpaired) electrons. The number of hydrogen-bond donors (Lipinski definition) is 1. The zero-order valence-electron chi connectivity index (χ0n) is 12.8. The predicted octanol–water partition coefficient (Wildman–Crippen LogP) is 2.92. The third-order valence-electron chi connectivity index (χ3n) is 3.91. The quantitative estimate of drug-likeness (QED) is 0.846. The van der Waals surface area contributed by atoms with Crippen LogP contribution >= 0.6 is 0 Å². The molecule has 21 heavy (non-hydrogen) atoms. The van der Waals surface area contributed by atoms with Crippen LogP contribution in [-0.4, -0.2) is 29.8 Å². The highest BCUT2D eigenvalue weighted by Gasteiger charge is 2.31. The van der Waals surface area contributed by atoms with Crippen LogP contribution in [0.5, 0.6) is 0 Å². The molecule has 1 saturated carbocycles. The van der Waals surface area contributed by atoms with E-state index < -0.39 is 0 Å². The van der Waals surface area contributed by atoms with Gasteiger partial charge in [-0.15, -0.1) is 0 Å². The van der Waals surface area contributed by atoms with Crippen LogP contribution in [0.3, 0.4) is 0 Å². The fourth-order valence-electron chi connectivity index (χ4n) is 2.26. The monoisotopic (exact) mass is 286 g/mol. The van der Waals surface area contributed by atoms with E-state index in [-0.39, 0.29) is 11.8 Å². The molecular formula is C17H22N2O2. The largest absolute Gasteiger partial charge is 0.339 e. The molecular weight excluding hydrogens is 264 g/mol. The lowest BCUT2D eigenvalue weighted by molar-refractivity contribution is -0.126. The molecule has 1 N–H and O–H groups in total. The van der Waals surface area contributed by atoms with E-state index in [0.717, 1.165) is 11.3 Å². The Balaban J connectivity index is 1.93. The Labute approximate surface area is 125 Å². The summed E-state index contributed by atoms with van der Waals surface area (Å²) in [6.07, 6.45) is 5.86. The molecule has 0 aromatic heterocycles. The number of rotatable bonds is 5. The maximum atomic E-state index is 12.1. The zero-order chi connectivity index (χ0) is 15.4. The Hall–Kier alpha value is -2.10. The van der Waals surface area contributed by atoms with Crippen LogP contribution < -0.4 is 5.32 Å². The van der Waals surface area contributed by atoms with E-state index in [1.807, 2.05) is 31.3 Å². The van der Waals surface area contributed by atoms with Crippen molar-refractivity contribution >= 4 is 23.6 Å². The Morgan fingerprint density at radius 2 is 1.90 bits per heavy atom. The molecule has 1 atom stereocenters. The van der Waals surface area contributed by atoms with Crippen LogP contribution in [-0.2, 0) is 9.59 Å². The molecule has 1 fully saturated rings. The van der Waals surface area contributed by atoms with Crippen molar-refractivity contribution in [1.29, 1.82) is 0 Å². The molecule has 2 rings (SSSR count). The predicted molar refractivity (Wildman–Crippen MR) is 84.7 cm³/mol. The van der Waals surface area contributed by atoms with Gasteiger partial charge < -0.3 is 10.2 Å². The van der Waals surface area contributed by atoms with Gasteiger partial charge in [-0.25, -0.2) is 0 Å². The number of anilines is 1. The summed E-state index contributed by atoms with van der Waals surface area (Å²) in [5.74, 6) is 0.605. The van der Waals surface area contributed by atoms with Gasteiger partial charge in [0.2, 0.25) is 11.8 Å². The summed E-state index contributed by atoms with van der Waals surface area (Å²) in [6.45, 7) is 3.58. The Kier molecular flexibility index (Phi) is 4.78. The highest BCUT2D eigenvalue weighted by atomic mass is 16.2. The first-order chi connectivity index (χ1) is 9.97. The van der Waals surface area contributed by atoms with Gasteiger partial charge in [0, 0.05) is 31.8 Å². The molecule has 0 aliphatic heterocycles. The van der Waals surface area contributed by atoms with Gasteiger partial charge in [0.15, 0.2) is 0 Å². The highest BCUT2D eigenvalue weighted by Crippen LogP contribution is 2.34. The minimum Gasteiger partial charge on any atom is -0.339 e. The van der Waals surface area contributed by atoms with Gasteiger partial charge in [-0.2, -0.15) is 0 Å². The smallest absolute Gasteiger partial charge is 0.246 e. The van der Waals surface area contributed by atoms with Crippen molar-refractivity contribution in [2.24, 2.45) is 5.92 Å². The van der Waals surface area contributed by atoms with Crippen LogP contribution in [0.2, 0.25) is 0 Å². The molecule has 1 unspecified atom stereocenters. The molecule has 4 nitrogen and oxygen atoms in total. The first-order valence-corrected chi connectivity index (χ1v) is 7.30. The van der Waals surface area contributed by atoms with E-state index in [1.54, 1.807) is 17.1 Å². The SMILES string of the molecule is CC(=O)Nc1ccc(/C=C/C(=O)N(C)C(C)C2CC2)cc1. The van der Waals surface area contributed by atoms with Crippen LogP contribution in [0.4, 0.5) is 5.69 Å². The third kappa shape index (κ3) is 4.45. The normalized spacial score (nSPS) is 15.8. The van der Waals surface area contributed by atoms with Crippen molar-refractivity contribution < 1.29 is 9.59 Å². The van der Waals surface area contributed by atoms with Gasteiger partial charge in [-0.1, -0.05) is 12.1 Å². The fraction of sp³-hybridized carbons (Fsp3) is 0.412. The summed E-state index contributed by atoms with van der Waals surface area (Å²) in [5.41, 5.74) is 1.69. The van der Waals surface area contributed by atoms with E-state index in [1.165, 1.54) is 19.8 Å². The average Bonchev–Trinajstić information content (AvgIpc) is 3.28. The van der Waals surface area contributed by atoms with Crippen LogP contribution in [0.15, 0.2) is 30.3 Å². The van der Waals surface area contributed by atoms with Gasteiger partial charge in [0.25, 0.3) is 0 Å². The molecule has 0 heterocycles. The van der Waals surface area contributed by atoms with E-state index in [0.29, 0.717) is 12.0 Å². The lowest BCUT2D eigenvalue weighted by atomic mass is 10.1. The van der Waals surface area contributed by atoms with Gasteiger partial charge in [0.1, 0.15) is 0 Å². The first kappa shape index (κ1) is 15.3. The molecule has 1 aliphatic rings. The van der Waals surface area contributed by atoms with Gasteiger partial charge in [0.05, 0.1) is 0 Å². The molecule has 1 aromatic rings. The molecule has 112 valence electrons. The fourth-order valence-corrected chi connectivity index (χ4v) is 2.26. The lowest BCUT2D eigenvalue weighted by Crippen LogP contribution is -2.35. The number of benzene rings is 1. The lowest BCUT2D eigenvalue weighted by Gasteiger charge is -2.23. The van der Waals surface area contributed by atoms with Crippen molar-refractivity contribution in [2.45, 2.75) is 32.7 Å². The molecule has 2 amide bonds. The number of hydrogen-bond acceptors (Lipinski definition) is 2. The maximum absolute atomic E-state index is 12.1. The second-order valence-electron chi connectivity index (χ2n) is 5.66. The number of nitrogens with one attached hydrogen (secondary N) is 1. The second-order valence-corrected chi connectivity index (χ2v) is 5.66. The number of likely N-dealkylation sites (N-methyl/N-ethyl adjacent to an activating group) is 1. The summed E-state index contributed by atoms with van der Waals surface area (Å²) < 4.78 is 0. The van der Waals surface area contributed by atoms with Crippen LogP contribution in [0.25, 0.3) is 6.08 Å². The van der Waals surface area contributed by atoms with Gasteiger partial charge in [-0.05, 0) is 49.5 Å². The van der Waals surface area contributed by atoms with Gasteiger partial charge >= 0.3 is 0 Å². The number of nitrogens with zero attached hydrogens (tertiary/aromatic N) is 1. The highest BCUT2D eigenvalue weighted by molar-refractivity contribution is 5.92. The number of carbonyl (C=O) groups is 2. The van der Waals surface area contributed by atoms with E-state index in [2.05, 4.69) is 12.2 Å². The van der Waals surface area contributed by atoms with Crippen molar-refractivity contribution in [3.05, 3.63) is 35.9 Å². The second kappa shape index (κ2) is 6.57. The van der Waals surface area contributed by atoms with Crippen molar-refractivity contribution in [2.75, 3.05) is 12.4 Å². The Bertz CT molecular complexity index is 544. The Morgan fingerprint density at radius 1 is 1.29 bits per heavy atom. The summed E-state index contributed by atoms with van der Waals surface area (Å²) in [5, 5.41) is 2.71. The van der Waals surface area contributed by atoms with Crippen molar-refractivity contribution in [1.82, 2.24) is 4.90 Å². The minimum absolute atomic E-state index is 0.0281. The van der Waals surface area contributed by atoms with E-state index in [9.17, 15) is 9.59 Å². The summed E-state index contributed by atoms with van der Waals surface area (Å²) >= 11 is 0. The Morgan fingerprint density at radius 3 is 2.43 bits per heavy atom. The standard InChI is InChI=1S/C17H22N2O2/c1-12(15-7-8-15)19(3)17(21)11-6-14-4-9-16(10-5-14)18-13(2)20/h4-6,9-12,15H,7-8H2,1-3H3,(H,18,20)/b11-6+. The summed E-state index contributed by atoms with van der Waals surface area (Å²) in [6, 6.07) is 7.70. The molecule has 0 spiro atoms. The zero-order valence-corrected chi connectivity index (χ0v) is 12.8. The topological polar surface area (TPSA) is 49.4 Å². The third-order valence-corrected chi connectivity index (χ3v) is 3.91. The molecule has 1 aliphatic carbocycles. The average molecular weight is 286 g/mol. The molecule has 4 heteroatoms. The maximum Gasteiger partial charge on any atom is 0.246 e. The van der Waals surface area contributed by atoms with E-state index >= 15 is 0 Å². The first-order valence-electron chi connectivity index (χ1n) is 7.30. The van der Waals surface area contributed by atoms with Crippen molar-refractivity contribution in [3.63, 3.8) is 0 Å². The summed E-state index contributed by atoms with van der Waals surface area (Å²) in [4.78, 5) is 24.8. The van der Waals surface area contributed by atoms with E-state index in [4.69, 9.17) is 0 Å². The summed E-state index contributed by atoms with van der Waals surface area (Å²) in [7, 11) is 1.86. The minimum atomic E-state index is -0.0934. The molecule has 1 aromatic carbocycles. The van der Waals surface area contributed by atoms with Crippen LogP contribution in [0, 0.1) is 5.92 Å². The van der Waals surface area contributed by atoms with Gasteiger partial charge in [-0.3, -0.25) is 9.59 Å².